The highest BCUT2D eigenvalue weighted by Crippen LogP contribution is 2.30. The summed E-state index contributed by atoms with van der Waals surface area (Å²) in [7, 11) is 0. The number of H-pyrrole nitrogens is 2. The van der Waals surface area contributed by atoms with Crippen LogP contribution in [0, 0.1) is 6.92 Å². The van der Waals surface area contributed by atoms with Gasteiger partial charge in [-0.25, -0.2) is 19.9 Å². The number of hydrogen-bond donors (Lipinski definition) is 3. The van der Waals surface area contributed by atoms with E-state index < -0.39 is 0 Å². The van der Waals surface area contributed by atoms with Crippen molar-refractivity contribution in [1.29, 1.82) is 0 Å². The Morgan fingerprint density at radius 1 is 1.06 bits per heavy atom. The number of fused-ring (bicyclic) bond motifs is 2. The molecular weight excluding hydrogens is 428 g/mol. The van der Waals surface area contributed by atoms with Crippen LogP contribution in [0.4, 0.5) is 0 Å². The van der Waals surface area contributed by atoms with E-state index >= 15 is 0 Å². The molecule has 168 valence electrons. The van der Waals surface area contributed by atoms with E-state index in [2.05, 4.69) is 59.5 Å². The quantitative estimate of drug-likeness (QED) is 0.354. The Kier molecular flexibility index (Phi) is 4.84. The van der Waals surface area contributed by atoms with Crippen LogP contribution in [0.1, 0.15) is 18.2 Å². The Hall–Kier alpha value is -4.44. The molecule has 0 spiro atoms. The fraction of sp³-hybridized carbons (Fsp3) is 0.167. The summed E-state index contributed by atoms with van der Waals surface area (Å²) < 4.78 is 1.87. The standard InChI is InChI=1S/C24H22N10/c1-3-25-8-15-6-16(10-26-9-15)17-7-18-20(32-33-22(18)28-11-17)23-30-19-4-5-27-24(21(19)31-23)34-12-14(2)29-13-34/h4-7,9-13,25H,3,8H2,1-2H3,(H,30,31)(H,28,32,33). The van der Waals surface area contributed by atoms with Crippen molar-refractivity contribution in [3.63, 3.8) is 0 Å². The second-order valence-corrected chi connectivity index (χ2v) is 8.09. The van der Waals surface area contributed by atoms with Crippen molar-refractivity contribution >= 4 is 22.1 Å². The molecule has 0 saturated carbocycles. The van der Waals surface area contributed by atoms with Gasteiger partial charge in [-0.2, -0.15) is 5.10 Å². The normalized spacial score (nSPS) is 11.6. The molecule has 0 aliphatic heterocycles. The molecule has 3 N–H and O–H groups in total. The van der Waals surface area contributed by atoms with Crippen molar-refractivity contribution in [3.05, 3.63) is 66.8 Å². The number of aromatic amines is 2. The van der Waals surface area contributed by atoms with E-state index in [4.69, 9.17) is 4.98 Å². The van der Waals surface area contributed by atoms with Crippen LogP contribution in [-0.4, -0.2) is 51.2 Å². The molecule has 0 saturated heterocycles. The largest absolute Gasteiger partial charge is 0.336 e. The number of pyridine rings is 3. The fourth-order valence-corrected chi connectivity index (χ4v) is 4.01. The van der Waals surface area contributed by atoms with E-state index in [1.165, 1.54) is 0 Å². The Morgan fingerprint density at radius 2 is 1.97 bits per heavy atom. The molecule has 6 aromatic rings. The Labute approximate surface area is 194 Å². The first-order valence-electron chi connectivity index (χ1n) is 11.0. The van der Waals surface area contributed by atoms with Crippen molar-refractivity contribution in [2.75, 3.05) is 6.54 Å². The minimum atomic E-state index is 0.644. The third kappa shape index (κ3) is 3.50. The lowest BCUT2D eigenvalue weighted by molar-refractivity contribution is 0.724. The summed E-state index contributed by atoms with van der Waals surface area (Å²) in [6.45, 7) is 5.71. The molecular formula is C24H22N10. The first-order valence-corrected chi connectivity index (χ1v) is 11.0. The van der Waals surface area contributed by atoms with E-state index in [0.29, 0.717) is 23.0 Å². The van der Waals surface area contributed by atoms with Crippen molar-refractivity contribution in [3.8, 4) is 28.5 Å². The lowest BCUT2D eigenvalue weighted by Gasteiger charge is -2.05. The van der Waals surface area contributed by atoms with E-state index in [9.17, 15) is 0 Å². The SMILES string of the molecule is CCNCc1cncc(-c2cnc3[nH]nc(-c4nc5c(-n6cnc(C)c6)nccc5[nH]4)c3c2)c1. The van der Waals surface area contributed by atoms with Gasteiger partial charge in [0.25, 0.3) is 0 Å². The van der Waals surface area contributed by atoms with Gasteiger partial charge >= 0.3 is 0 Å². The minimum absolute atomic E-state index is 0.644. The molecule has 6 aromatic heterocycles. The number of rotatable bonds is 6. The molecule has 0 atom stereocenters. The topological polar surface area (TPSA) is 126 Å². The maximum atomic E-state index is 4.84. The number of aryl methyl sites for hydroxylation is 1. The van der Waals surface area contributed by atoms with Crippen LogP contribution in [0.2, 0.25) is 0 Å². The maximum Gasteiger partial charge on any atom is 0.166 e. The average Bonchev–Trinajstić information content (AvgIpc) is 3.59. The molecule has 34 heavy (non-hydrogen) atoms. The summed E-state index contributed by atoms with van der Waals surface area (Å²) in [5.41, 5.74) is 7.01. The predicted octanol–water partition coefficient (Wildman–Crippen LogP) is 3.56. The van der Waals surface area contributed by atoms with Gasteiger partial charge in [-0.1, -0.05) is 6.92 Å². The molecule has 0 aliphatic carbocycles. The molecule has 10 nitrogen and oxygen atoms in total. The molecule has 0 fully saturated rings. The lowest BCUT2D eigenvalue weighted by atomic mass is 10.1. The van der Waals surface area contributed by atoms with Gasteiger partial charge in [0.2, 0.25) is 0 Å². The summed E-state index contributed by atoms with van der Waals surface area (Å²) in [5.74, 6) is 1.35. The van der Waals surface area contributed by atoms with E-state index in [-0.39, 0.29) is 0 Å². The molecule has 0 amide bonds. The second-order valence-electron chi connectivity index (χ2n) is 8.09. The Balaban J connectivity index is 1.44. The number of aromatic nitrogens is 9. The lowest BCUT2D eigenvalue weighted by Crippen LogP contribution is -2.11. The Bertz CT molecular complexity index is 1620. The zero-order chi connectivity index (χ0) is 23.1. The van der Waals surface area contributed by atoms with Gasteiger partial charge in [0.05, 0.1) is 16.6 Å². The average molecular weight is 451 g/mol. The smallest absolute Gasteiger partial charge is 0.166 e. The van der Waals surface area contributed by atoms with Crippen molar-refractivity contribution < 1.29 is 0 Å². The van der Waals surface area contributed by atoms with Gasteiger partial charge in [0.1, 0.15) is 17.5 Å². The minimum Gasteiger partial charge on any atom is -0.336 e. The number of hydrogen-bond acceptors (Lipinski definition) is 7. The van der Waals surface area contributed by atoms with Crippen LogP contribution in [-0.2, 0) is 6.54 Å². The summed E-state index contributed by atoms with van der Waals surface area (Å²) in [4.78, 5) is 26.1. The highest BCUT2D eigenvalue weighted by Gasteiger charge is 2.17. The van der Waals surface area contributed by atoms with Gasteiger partial charge in [-0.05, 0) is 37.2 Å². The second kappa shape index (κ2) is 8.16. The monoisotopic (exact) mass is 450 g/mol. The van der Waals surface area contributed by atoms with Gasteiger partial charge in [-0.15, -0.1) is 0 Å². The predicted molar refractivity (Wildman–Crippen MR) is 129 cm³/mol. The van der Waals surface area contributed by atoms with Gasteiger partial charge in [-0.3, -0.25) is 14.6 Å². The third-order valence-electron chi connectivity index (χ3n) is 5.69. The van der Waals surface area contributed by atoms with Gasteiger partial charge in [0, 0.05) is 48.7 Å². The van der Waals surface area contributed by atoms with Crippen molar-refractivity contribution in [1.82, 2.24) is 50.0 Å². The van der Waals surface area contributed by atoms with E-state index in [1.807, 2.05) is 42.3 Å². The molecule has 0 bridgehead atoms. The van der Waals surface area contributed by atoms with Crippen LogP contribution in [0.25, 0.3) is 50.5 Å². The summed E-state index contributed by atoms with van der Waals surface area (Å²) in [5, 5.41) is 11.7. The summed E-state index contributed by atoms with van der Waals surface area (Å²) >= 11 is 0. The zero-order valence-corrected chi connectivity index (χ0v) is 18.7. The molecule has 10 heteroatoms. The summed E-state index contributed by atoms with van der Waals surface area (Å²) in [6.07, 6.45) is 11.0. The van der Waals surface area contributed by atoms with Gasteiger partial charge in [0.15, 0.2) is 17.3 Å². The molecule has 0 aromatic carbocycles. The maximum absolute atomic E-state index is 4.84. The van der Waals surface area contributed by atoms with Crippen molar-refractivity contribution in [2.24, 2.45) is 0 Å². The van der Waals surface area contributed by atoms with Crippen LogP contribution in [0.15, 0.2) is 55.5 Å². The first kappa shape index (κ1) is 20.2. The van der Waals surface area contributed by atoms with Crippen molar-refractivity contribution in [2.45, 2.75) is 20.4 Å². The molecule has 0 unspecified atom stereocenters. The first-order chi connectivity index (χ1) is 16.7. The number of imidazole rings is 2. The highest BCUT2D eigenvalue weighted by atomic mass is 15.2. The molecule has 0 aliphatic rings. The van der Waals surface area contributed by atoms with E-state index in [0.717, 1.165) is 51.9 Å². The zero-order valence-electron chi connectivity index (χ0n) is 18.7. The number of nitrogens with zero attached hydrogens (tertiary/aromatic N) is 7. The third-order valence-corrected chi connectivity index (χ3v) is 5.69. The van der Waals surface area contributed by atoms with Crippen LogP contribution in [0.5, 0.6) is 0 Å². The molecule has 6 heterocycles. The van der Waals surface area contributed by atoms with Crippen LogP contribution in [0.3, 0.4) is 0 Å². The van der Waals surface area contributed by atoms with Crippen LogP contribution >= 0.6 is 0 Å². The highest BCUT2D eigenvalue weighted by molar-refractivity contribution is 5.94. The number of nitrogens with one attached hydrogen (secondary N) is 3. The van der Waals surface area contributed by atoms with E-state index in [1.54, 1.807) is 12.5 Å². The van der Waals surface area contributed by atoms with Crippen LogP contribution < -0.4 is 5.32 Å². The summed E-state index contributed by atoms with van der Waals surface area (Å²) in [6, 6.07) is 6.10. The molecule has 6 rings (SSSR count). The molecule has 0 radical (unpaired) electrons. The fourth-order valence-electron chi connectivity index (χ4n) is 4.01. The Morgan fingerprint density at radius 3 is 2.82 bits per heavy atom. The van der Waals surface area contributed by atoms with Gasteiger partial charge < -0.3 is 10.3 Å².